The molecule has 100 valence electrons. The smallest absolute Gasteiger partial charge is 0.322 e. The van der Waals surface area contributed by atoms with Crippen molar-refractivity contribution in [3.63, 3.8) is 0 Å². The molecule has 1 rings (SSSR count). The zero-order chi connectivity index (χ0) is 13.7. The highest BCUT2D eigenvalue weighted by molar-refractivity contribution is 6.28. The molecule has 0 unspecified atom stereocenters. The number of carbonyl (C=O) groups is 1. The van der Waals surface area contributed by atoms with E-state index in [-0.39, 0.29) is 35.7 Å². The van der Waals surface area contributed by atoms with E-state index in [1.54, 1.807) is 11.9 Å². The molecule has 18 heavy (non-hydrogen) atoms. The van der Waals surface area contributed by atoms with Crippen molar-refractivity contribution >= 4 is 23.5 Å². The Hall–Kier alpha value is -1.63. The maximum absolute atomic E-state index is 11.6. The summed E-state index contributed by atoms with van der Waals surface area (Å²) < 4.78 is 4.88. The number of hydrogen-bond donors (Lipinski definition) is 1. The molecule has 1 aromatic heterocycles. The van der Waals surface area contributed by atoms with Crippen molar-refractivity contribution in [1.82, 2.24) is 20.3 Å². The first kappa shape index (κ1) is 14.4. The second-order valence-electron chi connectivity index (χ2n) is 3.97. The number of halogens is 1. The molecule has 0 saturated carbocycles. The summed E-state index contributed by atoms with van der Waals surface area (Å²) in [6.45, 7) is 3.91. The number of hydrogen-bond acceptors (Lipinski definition) is 6. The number of aromatic nitrogens is 3. The highest BCUT2D eigenvalue weighted by Gasteiger charge is 2.13. The van der Waals surface area contributed by atoms with Crippen LogP contribution in [-0.4, -0.2) is 47.6 Å². The average Bonchev–Trinajstić information content (AvgIpc) is 2.26. The minimum Gasteiger partial charge on any atom is -0.467 e. The van der Waals surface area contributed by atoms with Gasteiger partial charge in [0.2, 0.25) is 17.1 Å². The van der Waals surface area contributed by atoms with Gasteiger partial charge in [-0.15, -0.1) is 0 Å². The molecule has 0 aliphatic heterocycles. The molecule has 0 atom stereocenters. The van der Waals surface area contributed by atoms with Crippen LogP contribution in [0.2, 0.25) is 5.28 Å². The van der Waals surface area contributed by atoms with Gasteiger partial charge in [0.05, 0.1) is 13.7 Å². The largest absolute Gasteiger partial charge is 0.467 e. The zero-order valence-corrected chi connectivity index (χ0v) is 11.5. The van der Waals surface area contributed by atoms with Crippen molar-refractivity contribution < 1.29 is 9.53 Å². The number of rotatable bonds is 5. The average molecular weight is 274 g/mol. The van der Waals surface area contributed by atoms with E-state index in [0.29, 0.717) is 0 Å². The van der Waals surface area contributed by atoms with Crippen LogP contribution in [0.4, 0.5) is 5.95 Å². The maximum Gasteiger partial charge on any atom is 0.322 e. The Bertz CT molecular complexity index is 427. The van der Waals surface area contributed by atoms with E-state index in [9.17, 15) is 4.79 Å². The van der Waals surface area contributed by atoms with Gasteiger partial charge in [-0.05, 0) is 25.4 Å². The maximum atomic E-state index is 11.6. The van der Waals surface area contributed by atoms with Gasteiger partial charge in [0, 0.05) is 13.1 Å². The molecule has 0 radical (unpaired) electrons. The lowest BCUT2D eigenvalue weighted by Crippen LogP contribution is -2.39. The number of methoxy groups -OCH3 is 1. The van der Waals surface area contributed by atoms with Gasteiger partial charge in [-0.25, -0.2) is 0 Å². The number of amides is 1. The zero-order valence-electron chi connectivity index (χ0n) is 10.8. The minimum absolute atomic E-state index is 0.0213. The molecular weight excluding hydrogens is 258 g/mol. The third-order valence-corrected chi connectivity index (χ3v) is 2.10. The molecule has 0 spiro atoms. The van der Waals surface area contributed by atoms with Crippen LogP contribution in [0.3, 0.4) is 0 Å². The Balaban J connectivity index is 2.74. The fourth-order valence-electron chi connectivity index (χ4n) is 1.24. The molecule has 0 bridgehead atoms. The lowest BCUT2D eigenvalue weighted by molar-refractivity contribution is -0.120. The molecule has 1 heterocycles. The van der Waals surface area contributed by atoms with Crippen LogP contribution in [0.1, 0.15) is 13.8 Å². The van der Waals surface area contributed by atoms with Gasteiger partial charge in [-0.1, -0.05) is 0 Å². The second-order valence-corrected chi connectivity index (χ2v) is 4.31. The molecule has 0 saturated heterocycles. The van der Waals surface area contributed by atoms with E-state index in [1.165, 1.54) is 7.11 Å². The first-order valence-corrected chi connectivity index (χ1v) is 5.76. The molecule has 7 nitrogen and oxygen atoms in total. The highest BCUT2D eigenvalue weighted by Crippen LogP contribution is 2.13. The standard InChI is InChI=1S/C10H16ClN5O2/c1-6(2)12-7(17)5-16(3)9-13-8(11)14-10(15-9)18-4/h6H,5H2,1-4H3,(H,12,17). The monoisotopic (exact) mass is 273 g/mol. The van der Waals surface area contributed by atoms with Crippen LogP contribution in [0, 0.1) is 0 Å². The molecule has 1 N–H and O–H groups in total. The summed E-state index contributed by atoms with van der Waals surface area (Å²) in [7, 11) is 3.12. The van der Waals surface area contributed by atoms with E-state index in [0.717, 1.165) is 0 Å². The summed E-state index contributed by atoms with van der Waals surface area (Å²) >= 11 is 5.72. The summed E-state index contributed by atoms with van der Waals surface area (Å²) in [6.07, 6.45) is 0. The molecular formula is C10H16ClN5O2. The number of nitrogens with zero attached hydrogens (tertiary/aromatic N) is 4. The first-order valence-electron chi connectivity index (χ1n) is 5.38. The van der Waals surface area contributed by atoms with Gasteiger partial charge in [0.25, 0.3) is 0 Å². The van der Waals surface area contributed by atoms with Gasteiger partial charge >= 0.3 is 6.01 Å². The van der Waals surface area contributed by atoms with Crippen molar-refractivity contribution in [3.05, 3.63) is 5.28 Å². The summed E-state index contributed by atoms with van der Waals surface area (Å²) in [6, 6.07) is 0.198. The lowest BCUT2D eigenvalue weighted by atomic mass is 10.4. The highest BCUT2D eigenvalue weighted by atomic mass is 35.5. The second kappa shape index (κ2) is 6.34. The fraction of sp³-hybridized carbons (Fsp3) is 0.600. The number of nitrogens with one attached hydrogen (secondary N) is 1. The molecule has 0 fully saturated rings. The summed E-state index contributed by atoms with van der Waals surface area (Å²) in [5.74, 6) is 0.161. The van der Waals surface area contributed by atoms with Crippen molar-refractivity contribution in [2.45, 2.75) is 19.9 Å². The van der Waals surface area contributed by atoms with Crippen molar-refractivity contribution in [1.29, 1.82) is 0 Å². The predicted octanol–water partition coefficient (Wildman–Crippen LogP) is 0.494. The third-order valence-electron chi connectivity index (χ3n) is 1.93. The van der Waals surface area contributed by atoms with Crippen molar-refractivity contribution in [3.8, 4) is 6.01 Å². The van der Waals surface area contributed by atoms with Crippen LogP contribution < -0.4 is 15.0 Å². The van der Waals surface area contributed by atoms with E-state index in [4.69, 9.17) is 16.3 Å². The third kappa shape index (κ3) is 4.33. The van der Waals surface area contributed by atoms with Gasteiger partial charge in [-0.3, -0.25) is 4.79 Å². The normalized spacial score (nSPS) is 10.3. The molecule has 1 amide bonds. The van der Waals surface area contributed by atoms with Crippen LogP contribution in [0.5, 0.6) is 6.01 Å². The van der Waals surface area contributed by atoms with Gasteiger partial charge in [0.15, 0.2) is 0 Å². The van der Waals surface area contributed by atoms with Crippen molar-refractivity contribution in [2.24, 2.45) is 0 Å². The molecule has 1 aromatic rings. The first-order chi connectivity index (χ1) is 8.42. The Morgan fingerprint density at radius 2 is 2.11 bits per heavy atom. The Labute approximate surface area is 111 Å². The number of carbonyl (C=O) groups excluding carboxylic acids is 1. The number of ether oxygens (including phenoxy) is 1. The van der Waals surface area contributed by atoms with Gasteiger partial charge in [-0.2, -0.15) is 15.0 Å². The number of anilines is 1. The number of likely N-dealkylation sites (N-methyl/N-ethyl adjacent to an activating group) is 1. The quantitative estimate of drug-likeness (QED) is 0.841. The molecule has 0 aliphatic carbocycles. The van der Waals surface area contributed by atoms with E-state index in [2.05, 4.69) is 20.3 Å². The summed E-state index contributed by atoms with van der Waals surface area (Å²) in [4.78, 5) is 24.8. The van der Waals surface area contributed by atoms with Crippen LogP contribution in [0.15, 0.2) is 0 Å². The van der Waals surface area contributed by atoms with Crippen LogP contribution in [-0.2, 0) is 4.79 Å². The van der Waals surface area contributed by atoms with Gasteiger partial charge < -0.3 is 15.0 Å². The van der Waals surface area contributed by atoms with Crippen LogP contribution in [0.25, 0.3) is 0 Å². The summed E-state index contributed by atoms with van der Waals surface area (Å²) in [5, 5.41) is 2.79. The molecule has 0 aromatic carbocycles. The van der Waals surface area contributed by atoms with E-state index >= 15 is 0 Å². The van der Waals surface area contributed by atoms with Gasteiger partial charge in [0.1, 0.15) is 0 Å². The van der Waals surface area contributed by atoms with Crippen LogP contribution >= 0.6 is 11.6 Å². The van der Waals surface area contributed by atoms with E-state index in [1.807, 2.05) is 13.8 Å². The summed E-state index contributed by atoms with van der Waals surface area (Å²) in [5.41, 5.74) is 0. The molecule has 8 heteroatoms. The minimum atomic E-state index is -0.122. The Morgan fingerprint density at radius 3 is 2.67 bits per heavy atom. The fourth-order valence-corrected chi connectivity index (χ4v) is 1.39. The molecule has 0 aliphatic rings. The van der Waals surface area contributed by atoms with Crippen molar-refractivity contribution in [2.75, 3.05) is 25.6 Å². The predicted molar refractivity (Wildman–Crippen MR) is 67.9 cm³/mol. The lowest BCUT2D eigenvalue weighted by Gasteiger charge is -2.17. The van der Waals surface area contributed by atoms with E-state index < -0.39 is 0 Å². The Morgan fingerprint density at radius 1 is 1.44 bits per heavy atom. The topological polar surface area (TPSA) is 80.2 Å². The SMILES string of the molecule is COc1nc(Cl)nc(N(C)CC(=O)NC(C)C)n1. The Kier molecular flexibility index (Phi) is 5.08.